The van der Waals surface area contributed by atoms with Crippen LogP contribution >= 0.6 is 0 Å². The highest BCUT2D eigenvalue weighted by Crippen LogP contribution is 2.41. The molecule has 1 atom stereocenters. The van der Waals surface area contributed by atoms with Crippen molar-refractivity contribution in [2.75, 3.05) is 7.11 Å². The maximum absolute atomic E-state index is 13.6. The number of Topliss-reactive ketones (excluding diaryl/α,β-unsaturated/α-hetero) is 1. The molecule has 32 heavy (non-hydrogen) atoms. The number of ketones is 1. The first-order chi connectivity index (χ1) is 15.4. The number of hydrogen-bond acceptors (Lipinski definition) is 5. The fourth-order valence-corrected chi connectivity index (χ4v) is 3.90. The van der Waals surface area contributed by atoms with Crippen LogP contribution in [0.4, 0.5) is 4.39 Å². The molecule has 1 amide bonds. The Balaban J connectivity index is 1.87. The van der Waals surface area contributed by atoms with Crippen molar-refractivity contribution in [2.24, 2.45) is 0 Å². The van der Waals surface area contributed by atoms with Crippen LogP contribution in [0.3, 0.4) is 0 Å². The number of hydrogen-bond donors (Lipinski definition) is 1. The van der Waals surface area contributed by atoms with Gasteiger partial charge in [-0.3, -0.25) is 14.6 Å². The molecule has 7 heteroatoms. The molecule has 0 aliphatic carbocycles. The van der Waals surface area contributed by atoms with Crippen LogP contribution in [0.2, 0.25) is 0 Å². The van der Waals surface area contributed by atoms with Gasteiger partial charge in [0.15, 0.2) is 0 Å². The monoisotopic (exact) mass is 432 g/mol. The van der Waals surface area contributed by atoms with Crippen LogP contribution in [0.25, 0.3) is 5.76 Å². The lowest BCUT2D eigenvalue weighted by atomic mass is 9.93. The molecule has 2 aromatic carbocycles. The number of ether oxygens (including phenoxy) is 1. The van der Waals surface area contributed by atoms with Gasteiger partial charge in [0, 0.05) is 24.5 Å². The molecular weight excluding hydrogens is 411 g/mol. The molecule has 0 saturated carbocycles. The van der Waals surface area contributed by atoms with E-state index < -0.39 is 23.5 Å². The van der Waals surface area contributed by atoms with Crippen molar-refractivity contribution in [2.45, 2.75) is 19.5 Å². The minimum absolute atomic E-state index is 0.0428. The summed E-state index contributed by atoms with van der Waals surface area (Å²) >= 11 is 0. The normalized spacial score (nSPS) is 17.6. The summed E-state index contributed by atoms with van der Waals surface area (Å²) in [5.74, 6) is -1.66. The molecule has 0 spiro atoms. The van der Waals surface area contributed by atoms with E-state index in [4.69, 9.17) is 4.74 Å². The number of likely N-dealkylation sites (tertiary alicyclic amines) is 1. The summed E-state index contributed by atoms with van der Waals surface area (Å²) < 4.78 is 18.8. The molecule has 1 aromatic heterocycles. The Morgan fingerprint density at radius 3 is 2.53 bits per heavy atom. The van der Waals surface area contributed by atoms with E-state index in [1.165, 1.54) is 36.3 Å². The van der Waals surface area contributed by atoms with Gasteiger partial charge in [-0.1, -0.05) is 18.2 Å². The molecule has 3 aromatic rings. The van der Waals surface area contributed by atoms with Crippen LogP contribution in [-0.2, 0) is 16.1 Å². The zero-order valence-electron chi connectivity index (χ0n) is 17.6. The van der Waals surface area contributed by atoms with E-state index in [-0.39, 0.29) is 17.9 Å². The minimum atomic E-state index is -0.877. The highest BCUT2D eigenvalue weighted by atomic mass is 19.1. The summed E-state index contributed by atoms with van der Waals surface area (Å²) in [6.45, 7) is 1.88. The van der Waals surface area contributed by atoms with Crippen molar-refractivity contribution in [3.8, 4) is 5.75 Å². The van der Waals surface area contributed by atoms with Crippen LogP contribution in [0.1, 0.15) is 28.3 Å². The Kier molecular flexibility index (Phi) is 5.73. The Bertz CT molecular complexity index is 1210. The van der Waals surface area contributed by atoms with E-state index in [0.717, 1.165) is 5.56 Å². The zero-order valence-corrected chi connectivity index (χ0v) is 17.6. The predicted molar refractivity (Wildman–Crippen MR) is 116 cm³/mol. The van der Waals surface area contributed by atoms with Gasteiger partial charge in [0.05, 0.1) is 18.7 Å². The topological polar surface area (TPSA) is 79.7 Å². The van der Waals surface area contributed by atoms with Crippen molar-refractivity contribution >= 4 is 17.4 Å². The molecule has 1 aliphatic heterocycles. The van der Waals surface area contributed by atoms with Gasteiger partial charge in [-0.15, -0.1) is 0 Å². The van der Waals surface area contributed by atoms with Gasteiger partial charge in [-0.05, 0) is 60.0 Å². The molecule has 1 fully saturated rings. The second-order valence-corrected chi connectivity index (χ2v) is 7.52. The highest BCUT2D eigenvalue weighted by Gasteiger charge is 2.46. The molecule has 1 N–H and O–H groups in total. The number of amides is 1. The average molecular weight is 432 g/mol. The van der Waals surface area contributed by atoms with Crippen molar-refractivity contribution in [3.63, 3.8) is 0 Å². The van der Waals surface area contributed by atoms with Crippen LogP contribution in [0, 0.1) is 12.7 Å². The largest absolute Gasteiger partial charge is 0.507 e. The first kappa shape index (κ1) is 21.2. The van der Waals surface area contributed by atoms with E-state index in [9.17, 15) is 19.1 Å². The smallest absolute Gasteiger partial charge is 0.295 e. The second kappa shape index (κ2) is 8.63. The summed E-state index contributed by atoms with van der Waals surface area (Å²) in [6, 6.07) is 13.2. The van der Waals surface area contributed by atoms with E-state index in [2.05, 4.69) is 4.98 Å². The maximum Gasteiger partial charge on any atom is 0.295 e. The third-order valence-corrected chi connectivity index (χ3v) is 5.49. The fourth-order valence-electron chi connectivity index (χ4n) is 3.90. The molecular formula is C25H21FN2O4. The van der Waals surface area contributed by atoms with Gasteiger partial charge < -0.3 is 14.7 Å². The van der Waals surface area contributed by atoms with E-state index in [1.54, 1.807) is 49.6 Å². The molecule has 4 rings (SSSR count). The number of methoxy groups -OCH3 is 1. The number of pyridine rings is 1. The number of halogens is 1. The number of nitrogens with zero attached hydrogens (tertiary/aromatic N) is 2. The van der Waals surface area contributed by atoms with Gasteiger partial charge in [-0.25, -0.2) is 4.39 Å². The highest BCUT2D eigenvalue weighted by molar-refractivity contribution is 6.46. The van der Waals surface area contributed by atoms with Crippen LogP contribution in [-0.4, -0.2) is 33.8 Å². The van der Waals surface area contributed by atoms with Crippen LogP contribution in [0.15, 0.2) is 72.6 Å². The van der Waals surface area contributed by atoms with Crippen molar-refractivity contribution < 1.29 is 23.8 Å². The quantitative estimate of drug-likeness (QED) is 0.372. The summed E-state index contributed by atoms with van der Waals surface area (Å²) in [5, 5.41) is 11.2. The molecule has 6 nitrogen and oxygen atoms in total. The number of benzene rings is 2. The summed E-state index contributed by atoms with van der Waals surface area (Å²) in [6.07, 6.45) is 3.22. The predicted octanol–water partition coefficient (Wildman–Crippen LogP) is 4.16. The van der Waals surface area contributed by atoms with E-state index in [0.29, 0.717) is 22.4 Å². The van der Waals surface area contributed by atoms with Crippen molar-refractivity contribution in [1.29, 1.82) is 0 Å². The van der Waals surface area contributed by atoms with Gasteiger partial charge in [0.1, 0.15) is 17.3 Å². The van der Waals surface area contributed by atoms with E-state index in [1.807, 2.05) is 0 Å². The molecule has 162 valence electrons. The van der Waals surface area contributed by atoms with Crippen LogP contribution in [0.5, 0.6) is 5.75 Å². The van der Waals surface area contributed by atoms with Gasteiger partial charge >= 0.3 is 0 Å². The summed E-state index contributed by atoms with van der Waals surface area (Å²) in [7, 11) is 1.53. The van der Waals surface area contributed by atoms with Gasteiger partial charge in [0.25, 0.3) is 11.7 Å². The number of aromatic nitrogens is 1. The first-order valence-corrected chi connectivity index (χ1v) is 9.98. The van der Waals surface area contributed by atoms with Crippen molar-refractivity contribution in [3.05, 3.63) is 101 Å². The third kappa shape index (κ3) is 3.85. The number of rotatable bonds is 5. The Hall–Kier alpha value is -4.00. The fraction of sp³-hybridized carbons (Fsp3) is 0.160. The van der Waals surface area contributed by atoms with Crippen LogP contribution < -0.4 is 4.74 Å². The number of aryl methyl sites for hydroxylation is 1. The first-order valence-electron chi connectivity index (χ1n) is 9.98. The molecule has 1 aliphatic rings. The standard InChI is InChI=1S/C25H21FN2O4/c1-15-12-19(32-2)9-10-20(15)23(29)21-22(17-5-7-18(26)8-6-17)28(25(31)24(21)30)14-16-4-3-11-27-13-16/h3-13,22,29H,14H2,1-2H3/b23-21+/t22-/m1/s1. The maximum atomic E-state index is 13.6. The third-order valence-electron chi connectivity index (χ3n) is 5.49. The summed E-state index contributed by atoms with van der Waals surface area (Å²) in [4.78, 5) is 31.5. The summed E-state index contributed by atoms with van der Waals surface area (Å²) in [5.41, 5.74) is 2.29. The lowest BCUT2D eigenvalue weighted by Gasteiger charge is -2.25. The number of carbonyl (C=O) groups excluding carboxylic acids is 2. The minimum Gasteiger partial charge on any atom is -0.507 e. The molecule has 0 unspecified atom stereocenters. The zero-order chi connectivity index (χ0) is 22.8. The average Bonchev–Trinajstić information content (AvgIpc) is 3.04. The Labute approximate surface area is 184 Å². The molecule has 1 saturated heterocycles. The number of carbonyl (C=O) groups is 2. The lowest BCUT2D eigenvalue weighted by Crippen LogP contribution is -2.29. The van der Waals surface area contributed by atoms with Gasteiger partial charge in [-0.2, -0.15) is 0 Å². The lowest BCUT2D eigenvalue weighted by molar-refractivity contribution is -0.140. The molecule has 0 radical (unpaired) electrons. The second-order valence-electron chi connectivity index (χ2n) is 7.52. The number of aliphatic hydroxyl groups is 1. The Morgan fingerprint density at radius 1 is 1.16 bits per heavy atom. The number of aliphatic hydroxyl groups excluding tert-OH is 1. The molecule has 0 bridgehead atoms. The van der Waals surface area contributed by atoms with Crippen molar-refractivity contribution in [1.82, 2.24) is 9.88 Å². The van der Waals surface area contributed by atoms with Gasteiger partial charge in [0.2, 0.25) is 0 Å². The Morgan fingerprint density at radius 2 is 1.91 bits per heavy atom. The van der Waals surface area contributed by atoms with E-state index >= 15 is 0 Å². The molecule has 2 heterocycles. The SMILES string of the molecule is COc1ccc(/C(O)=C2\C(=O)C(=O)N(Cc3cccnc3)[C@@H]2c2ccc(F)cc2)c(C)c1.